The molecule has 0 saturated heterocycles. The first kappa shape index (κ1) is 11.7. The van der Waals surface area contributed by atoms with Crippen LogP contribution in [0.1, 0.15) is 30.4 Å². The van der Waals surface area contributed by atoms with E-state index in [0.29, 0.717) is 4.88 Å². The molecule has 0 amide bonds. The van der Waals surface area contributed by atoms with E-state index >= 15 is 0 Å². The van der Waals surface area contributed by atoms with E-state index in [1.807, 2.05) is 42.8 Å². The second kappa shape index (κ2) is 3.80. The van der Waals surface area contributed by atoms with Gasteiger partial charge in [-0.15, -0.1) is 22.7 Å². The Bertz CT molecular complexity index is 730. The third-order valence-electron chi connectivity index (χ3n) is 2.34. The molecule has 3 aromatic heterocycles. The molecule has 0 aromatic carbocycles. The lowest BCUT2D eigenvalue weighted by molar-refractivity contribution is 0.00753. The number of imidazole rings is 1. The first-order valence-corrected chi connectivity index (χ1v) is 7.22. The van der Waals surface area contributed by atoms with Gasteiger partial charge in [0.1, 0.15) is 15.3 Å². The molecule has 0 saturated carbocycles. The molecule has 0 aliphatic rings. The molecule has 3 rings (SSSR count). The standard InChI is InChI=1S/C12H12N2O2S2/c1-12(2,3)16-10(15)8-6-7-9(18-8)13-11-14(7)4-5-17-11/h4-6H,1-3H3. The van der Waals surface area contributed by atoms with Crippen molar-refractivity contribution in [2.45, 2.75) is 26.4 Å². The normalized spacial score (nSPS) is 12.4. The lowest BCUT2D eigenvalue weighted by Crippen LogP contribution is -2.23. The number of nitrogens with zero attached hydrogens (tertiary/aromatic N) is 2. The lowest BCUT2D eigenvalue weighted by atomic mass is 10.2. The van der Waals surface area contributed by atoms with Crippen LogP contribution in [0.5, 0.6) is 0 Å². The third-order valence-corrected chi connectivity index (χ3v) is 4.09. The number of rotatable bonds is 1. The Morgan fingerprint density at radius 2 is 2.22 bits per heavy atom. The van der Waals surface area contributed by atoms with Gasteiger partial charge in [0.25, 0.3) is 0 Å². The number of carbonyl (C=O) groups excluding carboxylic acids is 1. The Morgan fingerprint density at radius 1 is 1.44 bits per heavy atom. The van der Waals surface area contributed by atoms with Crippen LogP contribution < -0.4 is 0 Å². The summed E-state index contributed by atoms with van der Waals surface area (Å²) in [6.07, 6.45) is 1.96. The van der Waals surface area contributed by atoms with Gasteiger partial charge < -0.3 is 4.74 Å². The summed E-state index contributed by atoms with van der Waals surface area (Å²) in [4.78, 5) is 18.9. The fraction of sp³-hybridized carbons (Fsp3) is 0.333. The van der Waals surface area contributed by atoms with Crippen molar-refractivity contribution in [2.75, 3.05) is 0 Å². The highest BCUT2D eigenvalue weighted by Gasteiger charge is 2.21. The molecule has 0 spiro atoms. The van der Waals surface area contributed by atoms with E-state index in [1.165, 1.54) is 11.3 Å². The molecule has 0 N–H and O–H groups in total. The van der Waals surface area contributed by atoms with Gasteiger partial charge in [0, 0.05) is 11.6 Å². The number of carbonyl (C=O) groups is 1. The summed E-state index contributed by atoms with van der Waals surface area (Å²) in [5.74, 6) is -0.283. The highest BCUT2D eigenvalue weighted by Crippen LogP contribution is 2.29. The Hall–Kier alpha value is -1.40. The maximum absolute atomic E-state index is 12.0. The van der Waals surface area contributed by atoms with E-state index in [1.54, 1.807) is 11.3 Å². The number of ether oxygens (including phenoxy) is 1. The van der Waals surface area contributed by atoms with E-state index in [4.69, 9.17) is 4.74 Å². The van der Waals surface area contributed by atoms with E-state index in [-0.39, 0.29) is 5.97 Å². The fourth-order valence-electron chi connectivity index (χ4n) is 1.68. The molecule has 0 bridgehead atoms. The predicted molar refractivity (Wildman–Crippen MR) is 73.6 cm³/mol. The zero-order valence-electron chi connectivity index (χ0n) is 10.3. The van der Waals surface area contributed by atoms with Crippen LogP contribution in [0.3, 0.4) is 0 Å². The number of fused-ring (bicyclic) bond motifs is 3. The van der Waals surface area contributed by atoms with Crippen molar-refractivity contribution in [3.8, 4) is 0 Å². The topological polar surface area (TPSA) is 43.6 Å². The van der Waals surface area contributed by atoms with Gasteiger partial charge in [0.15, 0.2) is 4.96 Å². The SMILES string of the molecule is CC(C)(C)OC(=O)c1cc2c(nc3sccn32)s1. The Morgan fingerprint density at radius 3 is 2.94 bits per heavy atom. The zero-order chi connectivity index (χ0) is 12.9. The minimum atomic E-state index is -0.469. The first-order chi connectivity index (χ1) is 8.44. The highest BCUT2D eigenvalue weighted by atomic mass is 32.1. The monoisotopic (exact) mass is 280 g/mol. The number of esters is 1. The predicted octanol–water partition coefficient (Wildman–Crippen LogP) is 3.57. The molecule has 0 aliphatic heterocycles. The quantitative estimate of drug-likeness (QED) is 0.640. The van der Waals surface area contributed by atoms with Crippen molar-refractivity contribution < 1.29 is 9.53 Å². The Kier molecular flexibility index (Phi) is 2.46. The molecular weight excluding hydrogens is 268 g/mol. The molecule has 4 nitrogen and oxygen atoms in total. The smallest absolute Gasteiger partial charge is 0.348 e. The molecule has 0 aliphatic carbocycles. The first-order valence-electron chi connectivity index (χ1n) is 5.52. The van der Waals surface area contributed by atoms with Crippen molar-refractivity contribution in [3.05, 3.63) is 22.5 Å². The lowest BCUT2D eigenvalue weighted by Gasteiger charge is -2.18. The third kappa shape index (κ3) is 1.91. The molecule has 6 heteroatoms. The molecule has 0 atom stereocenters. The van der Waals surface area contributed by atoms with Crippen LogP contribution in [-0.2, 0) is 4.74 Å². The van der Waals surface area contributed by atoms with Gasteiger partial charge in [0.2, 0.25) is 0 Å². The van der Waals surface area contributed by atoms with Crippen molar-refractivity contribution in [1.29, 1.82) is 0 Å². The summed E-state index contributed by atoms with van der Waals surface area (Å²) in [6.45, 7) is 5.59. The van der Waals surface area contributed by atoms with Crippen LogP contribution in [0.4, 0.5) is 0 Å². The average Bonchev–Trinajstić information content (AvgIpc) is 2.83. The summed E-state index contributed by atoms with van der Waals surface area (Å²) >= 11 is 2.96. The largest absolute Gasteiger partial charge is 0.456 e. The van der Waals surface area contributed by atoms with Crippen LogP contribution in [-0.4, -0.2) is 21.0 Å². The second-order valence-electron chi connectivity index (χ2n) is 4.97. The van der Waals surface area contributed by atoms with Crippen LogP contribution in [0.2, 0.25) is 0 Å². The summed E-state index contributed by atoms with van der Waals surface area (Å²) in [5.41, 5.74) is 0.501. The fourth-order valence-corrected chi connectivity index (χ4v) is 3.35. The Balaban J connectivity index is 2.02. The average molecular weight is 280 g/mol. The van der Waals surface area contributed by atoms with Gasteiger partial charge in [-0.3, -0.25) is 4.40 Å². The van der Waals surface area contributed by atoms with Crippen molar-refractivity contribution in [3.63, 3.8) is 0 Å². The number of aromatic nitrogens is 2. The molecule has 0 unspecified atom stereocenters. The summed E-state index contributed by atoms with van der Waals surface area (Å²) < 4.78 is 7.34. The van der Waals surface area contributed by atoms with Gasteiger partial charge in [-0.2, -0.15) is 0 Å². The van der Waals surface area contributed by atoms with Gasteiger partial charge in [-0.1, -0.05) is 0 Å². The van der Waals surface area contributed by atoms with Crippen molar-refractivity contribution >= 4 is 44.0 Å². The number of thiazole rings is 1. The summed E-state index contributed by atoms with van der Waals surface area (Å²) in [6, 6.07) is 1.85. The molecule has 18 heavy (non-hydrogen) atoms. The number of hydrogen-bond acceptors (Lipinski definition) is 5. The molecular formula is C12H12N2O2S2. The van der Waals surface area contributed by atoms with Crippen molar-refractivity contribution in [1.82, 2.24) is 9.38 Å². The van der Waals surface area contributed by atoms with Crippen molar-refractivity contribution in [2.24, 2.45) is 0 Å². The van der Waals surface area contributed by atoms with Crippen LogP contribution >= 0.6 is 22.7 Å². The molecule has 94 valence electrons. The minimum Gasteiger partial charge on any atom is -0.456 e. The molecule has 0 fully saturated rings. The maximum atomic E-state index is 12.0. The van der Waals surface area contributed by atoms with E-state index in [2.05, 4.69) is 4.98 Å². The summed E-state index contributed by atoms with van der Waals surface area (Å²) in [7, 11) is 0. The van der Waals surface area contributed by atoms with Crippen LogP contribution in [0.15, 0.2) is 17.6 Å². The molecule has 3 aromatic rings. The van der Waals surface area contributed by atoms with Crippen LogP contribution in [0, 0.1) is 0 Å². The minimum absolute atomic E-state index is 0.283. The van der Waals surface area contributed by atoms with E-state index < -0.39 is 5.60 Å². The van der Waals surface area contributed by atoms with Crippen LogP contribution in [0.25, 0.3) is 15.3 Å². The summed E-state index contributed by atoms with van der Waals surface area (Å²) in [5, 5.41) is 1.98. The number of hydrogen-bond donors (Lipinski definition) is 0. The van der Waals surface area contributed by atoms with Gasteiger partial charge >= 0.3 is 5.97 Å². The van der Waals surface area contributed by atoms with Gasteiger partial charge in [-0.05, 0) is 26.8 Å². The van der Waals surface area contributed by atoms with Gasteiger partial charge in [-0.25, -0.2) is 9.78 Å². The van der Waals surface area contributed by atoms with Gasteiger partial charge in [0.05, 0.1) is 5.52 Å². The molecule has 0 radical (unpaired) electrons. The van der Waals surface area contributed by atoms with E-state index in [0.717, 1.165) is 15.3 Å². The highest BCUT2D eigenvalue weighted by molar-refractivity contribution is 7.21. The zero-order valence-corrected chi connectivity index (χ0v) is 11.9. The maximum Gasteiger partial charge on any atom is 0.348 e. The number of thiophene rings is 1. The molecule has 3 heterocycles. The second-order valence-corrected chi connectivity index (χ2v) is 6.87. The van der Waals surface area contributed by atoms with E-state index in [9.17, 15) is 4.79 Å². The Labute approximate surface area is 112 Å².